The van der Waals surface area contributed by atoms with Crippen molar-refractivity contribution in [1.29, 1.82) is 0 Å². The molecule has 2 aromatic carbocycles. The van der Waals surface area contributed by atoms with Crippen LogP contribution in [-0.4, -0.2) is 56.4 Å². The summed E-state index contributed by atoms with van der Waals surface area (Å²) < 4.78 is 21.7. The van der Waals surface area contributed by atoms with Gasteiger partial charge < -0.3 is 24.3 Å². The topological polar surface area (TPSA) is 125 Å². The van der Waals surface area contributed by atoms with Crippen LogP contribution in [0.2, 0.25) is 0 Å². The zero-order valence-electron chi connectivity index (χ0n) is 20.4. The molecule has 2 N–H and O–H groups in total. The minimum Gasteiger partial charge on any atom is -0.493 e. The van der Waals surface area contributed by atoms with E-state index >= 15 is 0 Å². The van der Waals surface area contributed by atoms with Gasteiger partial charge in [-0.25, -0.2) is 14.6 Å². The molecule has 0 aliphatic heterocycles. The normalized spacial score (nSPS) is 13.4. The maximum absolute atomic E-state index is 13.2. The summed E-state index contributed by atoms with van der Waals surface area (Å²) in [6, 6.07) is 11.6. The number of nitrogens with one attached hydrogen (secondary N) is 2. The van der Waals surface area contributed by atoms with Gasteiger partial charge in [-0.2, -0.15) is 0 Å². The highest BCUT2D eigenvalue weighted by Crippen LogP contribution is 2.41. The number of para-hydroxylation sites is 1. The van der Waals surface area contributed by atoms with Crippen molar-refractivity contribution in [3.63, 3.8) is 0 Å². The van der Waals surface area contributed by atoms with Crippen LogP contribution in [0.1, 0.15) is 30.1 Å². The van der Waals surface area contributed by atoms with Gasteiger partial charge >= 0.3 is 12.0 Å². The zero-order valence-corrected chi connectivity index (χ0v) is 20.4. The summed E-state index contributed by atoms with van der Waals surface area (Å²) in [6.45, 7) is 1.40. The van der Waals surface area contributed by atoms with Gasteiger partial charge in [-0.1, -0.05) is 18.2 Å². The van der Waals surface area contributed by atoms with Crippen molar-refractivity contribution in [3.8, 4) is 28.5 Å². The van der Waals surface area contributed by atoms with Crippen LogP contribution in [0.3, 0.4) is 0 Å². The van der Waals surface area contributed by atoms with E-state index in [1.165, 1.54) is 28.3 Å². The fourth-order valence-corrected chi connectivity index (χ4v) is 3.66. The molecular formula is C26H27N3O7. The van der Waals surface area contributed by atoms with Gasteiger partial charge in [0.1, 0.15) is 0 Å². The van der Waals surface area contributed by atoms with Crippen LogP contribution in [0, 0.1) is 0 Å². The number of nitrogens with zero attached hydrogens (tertiary/aromatic N) is 1. The molecule has 10 nitrogen and oxygen atoms in total. The number of benzene rings is 2. The van der Waals surface area contributed by atoms with Gasteiger partial charge in [0, 0.05) is 17.0 Å². The van der Waals surface area contributed by atoms with Crippen LogP contribution in [-0.2, 0) is 9.53 Å². The smallest absolute Gasteiger partial charge is 0.339 e. The van der Waals surface area contributed by atoms with Gasteiger partial charge in [-0.3, -0.25) is 10.1 Å². The lowest BCUT2D eigenvalue weighted by atomic mass is 10.0. The first-order valence-electron chi connectivity index (χ1n) is 11.4. The van der Waals surface area contributed by atoms with Gasteiger partial charge in [0.2, 0.25) is 5.75 Å². The largest absolute Gasteiger partial charge is 0.493 e. The van der Waals surface area contributed by atoms with Crippen molar-refractivity contribution < 1.29 is 33.3 Å². The molecule has 1 atom stereocenters. The van der Waals surface area contributed by atoms with Crippen LogP contribution < -0.4 is 24.8 Å². The lowest BCUT2D eigenvalue weighted by molar-refractivity contribution is -0.127. The second-order valence-electron chi connectivity index (χ2n) is 8.27. The van der Waals surface area contributed by atoms with Crippen molar-refractivity contribution in [2.75, 3.05) is 21.3 Å². The summed E-state index contributed by atoms with van der Waals surface area (Å²) in [5, 5.41) is 5.41. The molecule has 1 heterocycles. The average molecular weight is 494 g/mol. The van der Waals surface area contributed by atoms with E-state index in [0.717, 1.165) is 12.8 Å². The molecule has 0 radical (unpaired) electrons. The summed E-state index contributed by atoms with van der Waals surface area (Å²) >= 11 is 0. The van der Waals surface area contributed by atoms with E-state index in [1.54, 1.807) is 42.5 Å². The van der Waals surface area contributed by atoms with Crippen LogP contribution in [0.25, 0.3) is 22.2 Å². The predicted molar refractivity (Wildman–Crippen MR) is 131 cm³/mol. The predicted octanol–water partition coefficient (Wildman–Crippen LogP) is 3.46. The molecule has 0 bridgehead atoms. The van der Waals surface area contributed by atoms with Gasteiger partial charge in [0.05, 0.1) is 38.1 Å². The van der Waals surface area contributed by atoms with E-state index in [0.29, 0.717) is 39.4 Å². The first-order chi connectivity index (χ1) is 17.3. The Bertz CT molecular complexity index is 1300. The Morgan fingerprint density at radius 2 is 1.64 bits per heavy atom. The molecule has 3 aromatic rings. The van der Waals surface area contributed by atoms with E-state index in [9.17, 15) is 14.4 Å². The SMILES string of the molecule is COc1cc(-c2cc(C(=O)OC(C)C(=O)NC(=O)NC3CC3)c3ccccc3n2)cc(OC)c1OC. The quantitative estimate of drug-likeness (QED) is 0.457. The van der Waals surface area contributed by atoms with Crippen molar-refractivity contribution in [2.45, 2.75) is 31.9 Å². The minimum atomic E-state index is -1.20. The highest BCUT2D eigenvalue weighted by Gasteiger charge is 2.27. The monoisotopic (exact) mass is 493 g/mol. The molecule has 1 aliphatic carbocycles. The number of urea groups is 1. The maximum Gasteiger partial charge on any atom is 0.339 e. The van der Waals surface area contributed by atoms with Gasteiger partial charge in [0.25, 0.3) is 5.91 Å². The number of amides is 3. The van der Waals surface area contributed by atoms with Gasteiger partial charge in [-0.05, 0) is 44.0 Å². The third kappa shape index (κ3) is 5.32. The van der Waals surface area contributed by atoms with E-state index in [2.05, 4.69) is 10.6 Å². The van der Waals surface area contributed by atoms with Gasteiger partial charge in [0.15, 0.2) is 17.6 Å². The molecular weight excluding hydrogens is 466 g/mol. The van der Waals surface area contributed by atoms with Crippen molar-refractivity contribution in [1.82, 2.24) is 15.6 Å². The molecule has 36 heavy (non-hydrogen) atoms. The Labute approximate surface area is 207 Å². The second kappa shape index (κ2) is 10.5. The number of hydrogen-bond donors (Lipinski definition) is 2. The Morgan fingerprint density at radius 1 is 0.972 bits per heavy atom. The number of esters is 1. The first-order valence-corrected chi connectivity index (χ1v) is 11.4. The fourth-order valence-electron chi connectivity index (χ4n) is 3.66. The van der Waals surface area contributed by atoms with Crippen molar-refractivity contribution in [3.05, 3.63) is 48.0 Å². The highest BCUT2D eigenvalue weighted by atomic mass is 16.5. The molecule has 0 saturated heterocycles. The third-order valence-electron chi connectivity index (χ3n) is 5.70. The summed E-state index contributed by atoms with van der Waals surface area (Å²) in [6.07, 6.45) is 0.574. The lowest BCUT2D eigenvalue weighted by Gasteiger charge is -2.16. The average Bonchev–Trinajstić information content (AvgIpc) is 3.70. The number of methoxy groups -OCH3 is 3. The summed E-state index contributed by atoms with van der Waals surface area (Å²) in [4.78, 5) is 42.1. The molecule has 3 amide bonds. The molecule has 10 heteroatoms. The standard InChI is InChI=1S/C26H27N3O7/c1-14(24(30)29-26(32)27-16-9-10-16)36-25(31)18-13-20(28-19-8-6-5-7-17(18)19)15-11-21(33-2)23(35-4)22(12-15)34-3/h5-8,11-14,16H,9-10H2,1-4H3,(H2,27,29,30,32). The highest BCUT2D eigenvalue weighted by molar-refractivity contribution is 6.06. The number of carbonyl (C=O) groups excluding carboxylic acids is 3. The van der Waals surface area contributed by atoms with Crippen molar-refractivity contribution in [2.24, 2.45) is 0 Å². The van der Waals surface area contributed by atoms with Crippen LogP contribution in [0.5, 0.6) is 17.2 Å². The molecule has 0 spiro atoms. The lowest BCUT2D eigenvalue weighted by Crippen LogP contribution is -2.45. The number of aromatic nitrogens is 1. The Balaban J connectivity index is 1.65. The fraction of sp³-hybridized carbons (Fsp3) is 0.308. The second-order valence-corrected chi connectivity index (χ2v) is 8.27. The van der Waals surface area contributed by atoms with Crippen LogP contribution in [0.4, 0.5) is 4.79 Å². The third-order valence-corrected chi connectivity index (χ3v) is 5.70. The number of fused-ring (bicyclic) bond motifs is 1. The van der Waals surface area contributed by atoms with Crippen LogP contribution >= 0.6 is 0 Å². The molecule has 4 rings (SSSR count). The van der Waals surface area contributed by atoms with E-state index < -0.39 is 24.0 Å². The zero-order chi connectivity index (χ0) is 25.8. The summed E-state index contributed by atoms with van der Waals surface area (Å²) in [5.74, 6) is -0.159. The Kier molecular flexibility index (Phi) is 7.23. The Morgan fingerprint density at radius 3 is 2.25 bits per heavy atom. The Hall–Kier alpha value is -4.34. The number of hydrogen-bond acceptors (Lipinski definition) is 8. The molecule has 1 aliphatic rings. The molecule has 1 aromatic heterocycles. The first kappa shape index (κ1) is 24.8. The number of pyridine rings is 1. The summed E-state index contributed by atoms with van der Waals surface area (Å²) in [5.41, 5.74) is 1.84. The van der Waals surface area contributed by atoms with Gasteiger partial charge in [-0.15, -0.1) is 0 Å². The number of carbonyl (C=O) groups is 3. The van der Waals surface area contributed by atoms with Crippen molar-refractivity contribution >= 4 is 28.8 Å². The molecule has 188 valence electrons. The summed E-state index contributed by atoms with van der Waals surface area (Å²) in [7, 11) is 4.53. The van der Waals surface area contributed by atoms with E-state index in [-0.39, 0.29) is 11.6 Å². The molecule has 1 fully saturated rings. The number of imide groups is 1. The minimum absolute atomic E-state index is 0.0902. The number of ether oxygens (including phenoxy) is 4. The maximum atomic E-state index is 13.2. The van der Waals surface area contributed by atoms with E-state index in [1.807, 2.05) is 0 Å². The molecule has 1 unspecified atom stereocenters. The van der Waals surface area contributed by atoms with Crippen LogP contribution in [0.15, 0.2) is 42.5 Å². The number of rotatable bonds is 8. The molecule has 1 saturated carbocycles. The van der Waals surface area contributed by atoms with E-state index in [4.69, 9.17) is 23.9 Å².